The standard InChI is InChI=1S/C11H11FO2/c1-3-10(13)8-5-6-11(14-4-2)9(12)7-8/h3,5-7H,1,4H2,2H3. The Balaban J connectivity index is 2.99. The van der Waals surface area contributed by atoms with Crippen molar-refractivity contribution < 1.29 is 13.9 Å². The van der Waals surface area contributed by atoms with Crippen LogP contribution in [0.4, 0.5) is 4.39 Å². The smallest absolute Gasteiger partial charge is 0.185 e. The number of rotatable bonds is 4. The molecule has 1 aromatic rings. The Bertz CT molecular complexity index is 358. The number of benzene rings is 1. The van der Waals surface area contributed by atoms with E-state index >= 15 is 0 Å². The SMILES string of the molecule is C=CC(=O)c1ccc(OCC)c(F)c1. The van der Waals surface area contributed by atoms with Crippen LogP contribution in [-0.4, -0.2) is 12.4 Å². The molecule has 1 rings (SSSR count). The molecule has 0 spiro atoms. The summed E-state index contributed by atoms with van der Waals surface area (Å²) in [6, 6.07) is 4.10. The quantitative estimate of drug-likeness (QED) is 0.544. The van der Waals surface area contributed by atoms with Crippen molar-refractivity contribution in [1.82, 2.24) is 0 Å². The Hall–Kier alpha value is -1.64. The maximum atomic E-state index is 13.2. The molecule has 0 aliphatic carbocycles. The molecule has 0 unspecified atom stereocenters. The number of hydrogen-bond donors (Lipinski definition) is 0. The fourth-order valence-electron chi connectivity index (χ4n) is 1.04. The molecule has 1 aromatic carbocycles. The number of allylic oxidation sites excluding steroid dienone is 1. The Kier molecular flexibility index (Phi) is 3.40. The Morgan fingerprint density at radius 2 is 2.36 bits per heavy atom. The summed E-state index contributed by atoms with van der Waals surface area (Å²) in [5.41, 5.74) is 0.279. The summed E-state index contributed by atoms with van der Waals surface area (Å²) in [5.74, 6) is -0.667. The van der Waals surface area contributed by atoms with E-state index in [2.05, 4.69) is 6.58 Å². The Morgan fingerprint density at radius 3 is 2.86 bits per heavy atom. The molecule has 74 valence electrons. The largest absolute Gasteiger partial charge is 0.491 e. The molecule has 0 heterocycles. The molecule has 0 radical (unpaired) electrons. The van der Waals surface area contributed by atoms with Crippen LogP contribution in [0.5, 0.6) is 5.75 Å². The first-order chi connectivity index (χ1) is 6.69. The summed E-state index contributed by atoms with van der Waals surface area (Å²) < 4.78 is 18.2. The van der Waals surface area contributed by atoms with Gasteiger partial charge in [-0.15, -0.1) is 0 Å². The average Bonchev–Trinajstić information content (AvgIpc) is 2.20. The second kappa shape index (κ2) is 4.56. The number of carbonyl (C=O) groups is 1. The second-order valence-corrected chi connectivity index (χ2v) is 2.65. The van der Waals surface area contributed by atoms with Gasteiger partial charge in [0.05, 0.1) is 6.61 Å². The van der Waals surface area contributed by atoms with Crippen molar-refractivity contribution in [3.8, 4) is 5.75 Å². The van der Waals surface area contributed by atoms with Crippen LogP contribution >= 0.6 is 0 Å². The fourth-order valence-corrected chi connectivity index (χ4v) is 1.04. The van der Waals surface area contributed by atoms with E-state index in [4.69, 9.17) is 4.74 Å². The molecule has 0 aromatic heterocycles. The highest BCUT2D eigenvalue weighted by molar-refractivity contribution is 6.04. The van der Waals surface area contributed by atoms with Gasteiger partial charge in [0.25, 0.3) is 0 Å². The number of hydrogen-bond acceptors (Lipinski definition) is 2. The van der Waals surface area contributed by atoms with Crippen molar-refractivity contribution in [2.45, 2.75) is 6.92 Å². The predicted molar refractivity (Wildman–Crippen MR) is 52.1 cm³/mol. The molecule has 0 saturated carbocycles. The molecule has 0 bridgehead atoms. The predicted octanol–water partition coefficient (Wildman–Crippen LogP) is 2.59. The van der Waals surface area contributed by atoms with Gasteiger partial charge in [-0.25, -0.2) is 4.39 Å². The van der Waals surface area contributed by atoms with E-state index in [1.54, 1.807) is 6.92 Å². The zero-order valence-corrected chi connectivity index (χ0v) is 7.92. The van der Waals surface area contributed by atoms with E-state index in [1.807, 2.05) is 0 Å². The maximum absolute atomic E-state index is 13.2. The van der Waals surface area contributed by atoms with Crippen molar-refractivity contribution in [2.24, 2.45) is 0 Å². The van der Waals surface area contributed by atoms with Crippen LogP contribution in [0.2, 0.25) is 0 Å². The summed E-state index contributed by atoms with van der Waals surface area (Å²) in [6.45, 7) is 5.48. The lowest BCUT2D eigenvalue weighted by molar-refractivity contribution is 0.104. The summed E-state index contributed by atoms with van der Waals surface area (Å²) >= 11 is 0. The first-order valence-electron chi connectivity index (χ1n) is 4.28. The van der Waals surface area contributed by atoms with Gasteiger partial charge < -0.3 is 4.74 Å². The minimum Gasteiger partial charge on any atom is -0.491 e. The monoisotopic (exact) mass is 194 g/mol. The number of ketones is 1. The van der Waals surface area contributed by atoms with Gasteiger partial charge in [-0.1, -0.05) is 6.58 Å². The lowest BCUT2D eigenvalue weighted by Gasteiger charge is -2.04. The number of carbonyl (C=O) groups excluding carboxylic acids is 1. The highest BCUT2D eigenvalue weighted by atomic mass is 19.1. The number of ether oxygens (including phenoxy) is 1. The van der Waals surface area contributed by atoms with Crippen LogP contribution in [0.25, 0.3) is 0 Å². The van der Waals surface area contributed by atoms with Crippen LogP contribution in [0.15, 0.2) is 30.9 Å². The first-order valence-corrected chi connectivity index (χ1v) is 4.28. The lowest BCUT2D eigenvalue weighted by atomic mass is 10.1. The molecule has 0 aliphatic rings. The molecule has 14 heavy (non-hydrogen) atoms. The molecule has 0 saturated heterocycles. The minimum absolute atomic E-state index is 0.160. The van der Waals surface area contributed by atoms with Crippen LogP contribution in [0.3, 0.4) is 0 Å². The van der Waals surface area contributed by atoms with E-state index in [1.165, 1.54) is 12.1 Å². The first kappa shape index (κ1) is 10.4. The van der Waals surface area contributed by atoms with Gasteiger partial charge >= 0.3 is 0 Å². The minimum atomic E-state index is -0.528. The molecule has 0 amide bonds. The van der Waals surface area contributed by atoms with E-state index in [0.717, 1.165) is 12.1 Å². The highest BCUT2D eigenvalue weighted by Gasteiger charge is 2.07. The van der Waals surface area contributed by atoms with Gasteiger partial charge in [0.2, 0.25) is 0 Å². The van der Waals surface area contributed by atoms with Crippen molar-refractivity contribution in [3.63, 3.8) is 0 Å². The molecule has 2 nitrogen and oxygen atoms in total. The Morgan fingerprint density at radius 1 is 1.64 bits per heavy atom. The maximum Gasteiger partial charge on any atom is 0.185 e. The van der Waals surface area contributed by atoms with E-state index < -0.39 is 5.82 Å². The summed E-state index contributed by atoms with van der Waals surface area (Å²) in [6.07, 6.45) is 1.15. The van der Waals surface area contributed by atoms with Gasteiger partial charge in [0.1, 0.15) is 0 Å². The zero-order valence-electron chi connectivity index (χ0n) is 7.92. The Labute approximate surface area is 82.0 Å². The van der Waals surface area contributed by atoms with Crippen molar-refractivity contribution in [1.29, 1.82) is 0 Å². The fraction of sp³-hybridized carbons (Fsp3) is 0.182. The zero-order chi connectivity index (χ0) is 10.6. The molecule has 0 fully saturated rings. The highest BCUT2D eigenvalue weighted by Crippen LogP contribution is 2.18. The lowest BCUT2D eigenvalue weighted by Crippen LogP contribution is -1.98. The average molecular weight is 194 g/mol. The van der Waals surface area contributed by atoms with Crippen LogP contribution in [-0.2, 0) is 0 Å². The molecular weight excluding hydrogens is 183 g/mol. The van der Waals surface area contributed by atoms with Gasteiger partial charge in [0.15, 0.2) is 17.3 Å². The molecular formula is C11H11FO2. The summed E-state index contributed by atoms with van der Waals surface area (Å²) in [7, 11) is 0. The van der Waals surface area contributed by atoms with Crippen LogP contribution in [0, 0.1) is 5.82 Å². The summed E-state index contributed by atoms with van der Waals surface area (Å²) in [5, 5.41) is 0. The molecule has 0 atom stereocenters. The van der Waals surface area contributed by atoms with Crippen molar-refractivity contribution in [2.75, 3.05) is 6.61 Å². The topological polar surface area (TPSA) is 26.3 Å². The second-order valence-electron chi connectivity index (χ2n) is 2.65. The third kappa shape index (κ3) is 2.19. The van der Waals surface area contributed by atoms with Crippen LogP contribution in [0.1, 0.15) is 17.3 Å². The van der Waals surface area contributed by atoms with Gasteiger partial charge in [-0.05, 0) is 31.2 Å². The van der Waals surface area contributed by atoms with E-state index in [-0.39, 0.29) is 17.1 Å². The van der Waals surface area contributed by atoms with Gasteiger partial charge in [0, 0.05) is 5.56 Å². The van der Waals surface area contributed by atoms with Crippen molar-refractivity contribution >= 4 is 5.78 Å². The summed E-state index contributed by atoms with van der Waals surface area (Å²) in [4.78, 5) is 11.1. The van der Waals surface area contributed by atoms with Gasteiger partial charge in [-0.2, -0.15) is 0 Å². The molecule has 3 heteroatoms. The van der Waals surface area contributed by atoms with E-state index in [0.29, 0.717) is 6.61 Å². The molecule has 0 aliphatic heterocycles. The third-order valence-electron chi connectivity index (χ3n) is 1.70. The molecule has 0 N–H and O–H groups in total. The van der Waals surface area contributed by atoms with E-state index in [9.17, 15) is 9.18 Å². The van der Waals surface area contributed by atoms with Crippen LogP contribution < -0.4 is 4.74 Å². The third-order valence-corrected chi connectivity index (χ3v) is 1.70. The van der Waals surface area contributed by atoms with Gasteiger partial charge in [-0.3, -0.25) is 4.79 Å². The van der Waals surface area contributed by atoms with Crippen molar-refractivity contribution in [3.05, 3.63) is 42.2 Å². The normalized spacial score (nSPS) is 9.57. The number of halogens is 1.